The molecule has 0 aliphatic rings. The molecule has 27 heavy (non-hydrogen) atoms. The maximum atomic E-state index is 11.9. The minimum absolute atomic E-state index is 0.266. The molecule has 3 rings (SSSR count). The van der Waals surface area contributed by atoms with Gasteiger partial charge in [-0.05, 0) is 42.5 Å². The molecule has 0 saturated carbocycles. The number of nitrogens with zero attached hydrogens (tertiary/aromatic N) is 2. The van der Waals surface area contributed by atoms with Crippen LogP contribution in [0.3, 0.4) is 0 Å². The summed E-state index contributed by atoms with van der Waals surface area (Å²) in [6, 6.07) is 12.3. The number of anilines is 1. The van der Waals surface area contributed by atoms with Crippen molar-refractivity contribution in [1.82, 2.24) is 9.38 Å². The van der Waals surface area contributed by atoms with Gasteiger partial charge in [-0.1, -0.05) is 17.7 Å². The summed E-state index contributed by atoms with van der Waals surface area (Å²) in [5, 5.41) is 2.89. The molecule has 0 radical (unpaired) electrons. The van der Waals surface area contributed by atoms with E-state index in [-0.39, 0.29) is 5.15 Å². The third-order valence-electron chi connectivity index (χ3n) is 3.62. The number of methoxy groups -OCH3 is 1. The first-order chi connectivity index (χ1) is 13.1. The number of amides is 1. The molecular formula is C19H16ClN3O4. The van der Waals surface area contributed by atoms with Gasteiger partial charge in [0.15, 0.2) is 11.8 Å². The number of aromatic nitrogens is 2. The first-order valence-corrected chi connectivity index (χ1v) is 8.36. The van der Waals surface area contributed by atoms with Gasteiger partial charge in [0.05, 0.1) is 12.8 Å². The van der Waals surface area contributed by atoms with Crippen LogP contribution in [0.5, 0.6) is 5.75 Å². The molecule has 0 aliphatic heterocycles. The smallest absolute Gasteiger partial charge is 0.331 e. The number of halogens is 1. The van der Waals surface area contributed by atoms with Gasteiger partial charge in [-0.25, -0.2) is 9.78 Å². The van der Waals surface area contributed by atoms with Gasteiger partial charge < -0.3 is 14.8 Å². The van der Waals surface area contributed by atoms with Crippen LogP contribution < -0.4 is 10.1 Å². The van der Waals surface area contributed by atoms with Crippen molar-refractivity contribution in [2.45, 2.75) is 0 Å². The second kappa shape index (κ2) is 8.37. The number of hydrogen-bond donors (Lipinski definition) is 1. The van der Waals surface area contributed by atoms with Crippen LogP contribution in [0, 0.1) is 0 Å². The number of ether oxygens (including phenoxy) is 2. The van der Waals surface area contributed by atoms with Crippen LogP contribution in [-0.4, -0.2) is 35.0 Å². The topological polar surface area (TPSA) is 81.9 Å². The molecule has 0 aliphatic carbocycles. The van der Waals surface area contributed by atoms with E-state index in [0.29, 0.717) is 22.8 Å². The van der Waals surface area contributed by atoms with E-state index < -0.39 is 18.5 Å². The number of carbonyl (C=O) groups excluding carboxylic acids is 2. The Morgan fingerprint density at radius 3 is 2.74 bits per heavy atom. The SMILES string of the molecule is COc1ccc(NC(=O)COC(=O)/C=C/c2c(Cl)nc3ccccn23)cc1. The van der Waals surface area contributed by atoms with E-state index in [1.165, 1.54) is 12.2 Å². The minimum atomic E-state index is -0.665. The first-order valence-electron chi connectivity index (χ1n) is 7.98. The molecule has 1 N–H and O–H groups in total. The standard InChI is InChI=1S/C19H16ClN3O4/c1-26-14-7-5-13(6-8-14)21-17(24)12-27-18(25)10-9-15-19(20)22-16-4-2-3-11-23(15)16/h2-11H,12H2,1H3,(H,21,24)/b10-9+. The van der Waals surface area contributed by atoms with Crippen molar-refractivity contribution in [2.75, 3.05) is 19.0 Å². The van der Waals surface area contributed by atoms with Gasteiger partial charge in [-0.2, -0.15) is 0 Å². The lowest BCUT2D eigenvalue weighted by Gasteiger charge is -2.06. The molecule has 0 spiro atoms. The van der Waals surface area contributed by atoms with Gasteiger partial charge in [-0.15, -0.1) is 0 Å². The molecule has 8 heteroatoms. The van der Waals surface area contributed by atoms with E-state index in [4.69, 9.17) is 21.1 Å². The summed E-state index contributed by atoms with van der Waals surface area (Å²) in [5.74, 6) is -0.438. The van der Waals surface area contributed by atoms with E-state index in [9.17, 15) is 9.59 Å². The Labute approximate surface area is 160 Å². The van der Waals surface area contributed by atoms with Crippen LogP contribution in [0.4, 0.5) is 5.69 Å². The van der Waals surface area contributed by atoms with Crippen LogP contribution >= 0.6 is 11.6 Å². The fraction of sp³-hybridized carbons (Fsp3) is 0.105. The maximum Gasteiger partial charge on any atom is 0.331 e. The second-order valence-corrected chi connectivity index (χ2v) is 5.79. The number of hydrogen-bond acceptors (Lipinski definition) is 5. The summed E-state index contributed by atoms with van der Waals surface area (Å²) in [6.45, 7) is -0.407. The average molecular weight is 386 g/mol. The molecule has 1 aromatic carbocycles. The van der Waals surface area contributed by atoms with Gasteiger partial charge in [0.2, 0.25) is 0 Å². The Hall–Kier alpha value is -3.32. The third kappa shape index (κ3) is 4.65. The number of nitrogens with one attached hydrogen (secondary N) is 1. The largest absolute Gasteiger partial charge is 0.497 e. The fourth-order valence-electron chi connectivity index (χ4n) is 2.34. The highest BCUT2D eigenvalue weighted by molar-refractivity contribution is 6.31. The van der Waals surface area contributed by atoms with Gasteiger partial charge in [0.1, 0.15) is 11.4 Å². The van der Waals surface area contributed by atoms with E-state index >= 15 is 0 Å². The van der Waals surface area contributed by atoms with Crippen LogP contribution in [0.25, 0.3) is 11.7 Å². The summed E-state index contributed by atoms with van der Waals surface area (Å²) in [5.41, 5.74) is 1.78. The van der Waals surface area contributed by atoms with Gasteiger partial charge in [-0.3, -0.25) is 9.20 Å². The van der Waals surface area contributed by atoms with Gasteiger partial charge >= 0.3 is 5.97 Å². The zero-order chi connectivity index (χ0) is 19.2. The Balaban J connectivity index is 1.54. The molecule has 3 aromatic rings. The van der Waals surface area contributed by atoms with E-state index in [2.05, 4.69) is 10.3 Å². The lowest BCUT2D eigenvalue weighted by atomic mass is 10.3. The lowest BCUT2D eigenvalue weighted by molar-refractivity contribution is -0.142. The Morgan fingerprint density at radius 2 is 2.00 bits per heavy atom. The lowest BCUT2D eigenvalue weighted by Crippen LogP contribution is -2.20. The Bertz CT molecular complexity index is 996. The van der Waals surface area contributed by atoms with Gasteiger partial charge in [0, 0.05) is 18.0 Å². The predicted molar refractivity (Wildman–Crippen MR) is 102 cm³/mol. The van der Waals surface area contributed by atoms with Crippen LogP contribution in [0.15, 0.2) is 54.7 Å². The summed E-state index contributed by atoms with van der Waals surface area (Å²) in [4.78, 5) is 27.9. The van der Waals surface area contributed by atoms with Crippen molar-refractivity contribution >= 4 is 40.9 Å². The highest BCUT2D eigenvalue weighted by Gasteiger charge is 2.09. The number of esters is 1. The van der Waals surface area contributed by atoms with E-state index in [1.54, 1.807) is 48.0 Å². The minimum Gasteiger partial charge on any atom is -0.497 e. The molecule has 138 valence electrons. The Morgan fingerprint density at radius 1 is 1.22 bits per heavy atom. The molecule has 2 aromatic heterocycles. The van der Waals surface area contributed by atoms with Crippen molar-refractivity contribution in [3.8, 4) is 5.75 Å². The highest BCUT2D eigenvalue weighted by atomic mass is 35.5. The number of imidazole rings is 1. The molecular weight excluding hydrogens is 370 g/mol. The summed E-state index contributed by atoms with van der Waals surface area (Å²) in [7, 11) is 1.56. The van der Waals surface area contributed by atoms with Crippen molar-refractivity contribution in [2.24, 2.45) is 0 Å². The molecule has 0 saturated heterocycles. The Kier molecular flexibility index (Phi) is 5.73. The number of carbonyl (C=O) groups is 2. The van der Waals surface area contributed by atoms with Crippen LogP contribution in [-0.2, 0) is 14.3 Å². The summed E-state index contributed by atoms with van der Waals surface area (Å²) in [6.07, 6.45) is 4.47. The molecule has 0 atom stereocenters. The summed E-state index contributed by atoms with van der Waals surface area (Å²) < 4.78 is 11.7. The molecule has 0 unspecified atom stereocenters. The maximum absolute atomic E-state index is 11.9. The molecule has 7 nitrogen and oxygen atoms in total. The number of pyridine rings is 1. The number of rotatable bonds is 6. The van der Waals surface area contributed by atoms with Crippen molar-refractivity contribution in [3.63, 3.8) is 0 Å². The predicted octanol–water partition coefficient (Wildman–Crippen LogP) is 3.19. The van der Waals surface area contributed by atoms with E-state index in [0.717, 1.165) is 0 Å². The van der Waals surface area contributed by atoms with Crippen LogP contribution in [0.2, 0.25) is 5.15 Å². The highest BCUT2D eigenvalue weighted by Crippen LogP contribution is 2.19. The van der Waals surface area contributed by atoms with Crippen molar-refractivity contribution in [3.05, 3.63) is 65.6 Å². The van der Waals surface area contributed by atoms with E-state index in [1.807, 2.05) is 12.1 Å². The third-order valence-corrected chi connectivity index (χ3v) is 3.90. The molecule has 1 amide bonds. The quantitative estimate of drug-likeness (QED) is 0.520. The second-order valence-electron chi connectivity index (χ2n) is 5.43. The monoisotopic (exact) mass is 385 g/mol. The molecule has 0 bridgehead atoms. The molecule has 0 fully saturated rings. The van der Waals surface area contributed by atoms with Crippen molar-refractivity contribution < 1.29 is 19.1 Å². The average Bonchev–Trinajstić information content (AvgIpc) is 3.00. The van der Waals surface area contributed by atoms with Crippen molar-refractivity contribution in [1.29, 1.82) is 0 Å². The summed E-state index contributed by atoms with van der Waals surface area (Å²) >= 11 is 6.08. The first kappa shape index (κ1) is 18.5. The zero-order valence-electron chi connectivity index (χ0n) is 14.4. The molecule has 2 heterocycles. The number of benzene rings is 1. The zero-order valence-corrected chi connectivity index (χ0v) is 15.1. The fourth-order valence-corrected chi connectivity index (χ4v) is 2.58. The van der Waals surface area contributed by atoms with Gasteiger partial charge in [0.25, 0.3) is 5.91 Å². The van der Waals surface area contributed by atoms with Crippen LogP contribution in [0.1, 0.15) is 5.69 Å². The normalized spacial score (nSPS) is 10.9. The number of fused-ring (bicyclic) bond motifs is 1.